The zero-order valence-corrected chi connectivity index (χ0v) is 19.8. The molecule has 0 radical (unpaired) electrons. The van der Waals surface area contributed by atoms with Gasteiger partial charge in [0.05, 0.1) is 5.56 Å². The summed E-state index contributed by atoms with van der Waals surface area (Å²) in [6.07, 6.45) is 18.5. The number of aryl methyl sites for hydroxylation is 1. The summed E-state index contributed by atoms with van der Waals surface area (Å²) in [5.41, 5.74) is 0.645. The monoisotopic (exact) mass is 430 g/mol. The van der Waals surface area contributed by atoms with E-state index in [1.165, 1.54) is 70.6 Å². The average Bonchev–Trinajstić information content (AvgIpc) is 2.80. The fourth-order valence-corrected chi connectivity index (χ4v) is 6.27. The lowest BCUT2D eigenvalue weighted by Crippen LogP contribution is -2.25. The summed E-state index contributed by atoms with van der Waals surface area (Å²) in [7, 11) is 0. The maximum Gasteiger partial charge on any atom is 0.168 e. The van der Waals surface area contributed by atoms with Crippen LogP contribution in [0.2, 0.25) is 0 Å². The molecule has 1 aromatic carbocycles. The van der Waals surface area contributed by atoms with Crippen LogP contribution in [-0.4, -0.2) is 10.9 Å². The molecule has 174 valence electrons. The Balaban J connectivity index is 1.35. The number of carbonyl (C=O) groups excluding carboxylic acids is 1. The molecule has 31 heavy (non-hydrogen) atoms. The Morgan fingerprint density at radius 3 is 2.03 bits per heavy atom. The molecule has 0 saturated heterocycles. The molecule has 1 aromatic rings. The zero-order chi connectivity index (χ0) is 22.2. The molecule has 0 atom stereocenters. The van der Waals surface area contributed by atoms with Crippen LogP contribution in [-0.2, 0) is 6.42 Å². The highest BCUT2D eigenvalue weighted by Gasteiger charge is 2.30. The van der Waals surface area contributed by atoms with Crippen molar-refractivity contribution in [2.24, 2.45) is 23.7 Å². The van der Waals surface area contributed by atoms with Crippen molar-refractivity contribution in [3.05, 3.63) is 29.1 Å². The van der Waals surface area contributed by atoms with Gasteiger partial charge in [0.2, 0.25) is 0 Å². The Labute approximate surface area is 189 Å². The summed E-state index contributed by atoms with van der Waals surface area (Å²) in [4.78, 5) is 11.8. The molecule has 2 nitrogen and oxygen atoms in total. The van der Waals surface area contributed by atoms with Gasteiger partial charge in [0.1, 0.15) is 0 Å². The molecule has 0 aromatic heterocycles. The van der Waals surface area contributed by atoms with E-state index < -0.39 is 11.6 Å². The predicted octanol–water partition coefficient (Wildman–Crippen LogP) is 8.25. The minimum Gasteiger partial charge on any atom is -0.504 e. The van der Waals surface area contributed by atoms with Crippen molar-refractivity contribution >= 4 is 5.78 Å². The second-order valence-corrected chi connectivity index (χ2v) is 10.3. The highest BCUT2D eigenvalue weighted by atomic mass is 19.1. The molecule has 0 spiro atoms. The van der Waals surface area contributed by atoms with Crippen molar-refractivity contribution in [2.45, 2.75) is 110 Å². The number of aromatic hydroxyl groups is 1. The van der Waals surface area contributed by atoms with Gasteiger partial charge in [-0.1, -0.05) is 71.3 Å². The minimum absolute atomic E-state index is 0.111. The van der Waals surface area contributed by atoms with Crippen molar-refractivity contribution in [1.29, 1.82) is 0 Å². The Bertz CT molecular complexity index is 697. The van der Waals surface area contributed by atoms with Gasteiger partial charge >= 0.3 is 0 Å². The van der Waals surface area contributed by atoms with Crippen LogP contribution in [0.3, 0.4) is 0 Å². The van der Waals surface area contributed by atoms with E-state index in [2.05, 4.69) is 6.92 Å². The first-order valence-corrected chi connectivity index (χ1v) is 13.1. The number of hydrogen-bond donors (Lipinski definition) is 1. The van der Waals surface area contributed by atoms with E-state index in [-0.39, 0.29) is 17.8 Å². The Kier molecular flexibility index (Phi) is 9.41. The largest absolute Gasteiger partial charge is 0.504 e. The molecule has 1 N–H and O–H groups in total. The lowest BCUT2D eigenvalue weighted by Gasteiger charge is -2.38. The van der Waals surface area contributed by atoms with Crippen LogP contribution in [0.25, 0.3) is 0 Å². The quantitative estimate of drug-likeness (QED) is 0.300. The van der Waals surface area contributed by atoms with E-state index in [4.69, 9.17) is 0 Å². The van der Waals surface area contributed by atoms with Crippen LogP contribution < -0.4 is 0 Å². The smallest absolute Gasteiger partial charge is 0.168 e. The molecule has 0 heterocycles. The van der Waals surface area contributed by atoms with Gasteiger partial charge in [-0.3, -0.25) is 4.79 Å². The molecule has 0 amide bonds. The van der Waals surface area contributed by atoms with E-state index in [1.54, 1.807) is 19.1 Å². The molecule has 2 aliphatic carbocycles. The van der Waals surface area contributed by atoms with E-state index in [9.17, 15) is 14.3 Å². The fourth-order valence-electron chi connectivity index (χ4n) is 6.27. The molecule has 2 saturated carbocycles. The third-order valence-electron chi connectivity index (χ3n) is 8.27. The summed E-state index contributed by atoms with van der Waals surface area (Å²) in [5.74, 6) is 2.53. The van der Waals surface area contributed by atoms with Crippen molar-refractivity contribution in [3.8, 4) is 5.75 Å². The van der Waals surface area contributed by atoms with Gasteiger partial charge in [-0.2, -0.15) is 0 Å². The van der Waals surface area contributed by atoms with Gasteiger partial charge in [0.15, 0.2) is 17.3 Å². The van der Waals surface area contributed by atoms with Gasteiger partial charge < -0.3 is 5.11 Å². The van der Waals surface area contributed by atoms with Crippen molar-refractivity contribution in [2.75, 3.05) is 0 Å². The van der Waals surface area contributed by atoms with Crippen LogP contribution in [0.5, 0.6) is 5.75 Å². The number of benzene rings is 1. The topological polar surface area (TPSA) is 37.3 Å². The fraction of sp³-hybridized carbons (Fsp3) is 0.750. The third kappa shape index (κ3) is 6.56. The van der Waals surface area contributed by atoms with Gasteiger partial charge in [0.25, 0.3) is 0 Å². The van der Waals surface area contributed by atoms with Gasteiger partial charge in [0, 0.05) is 6.42 Å². The molecule has 0 unspecified atom stereocenters. The molecule has 0 bridgehead atoms. The number of Topliss-reactive ketones (excluding diaryl/α,β-unsaturated/α-hetero) is 1. The van der Waals surface area contributed by atoms with Crippen LogP contribution in [0, 0.1) is 29.5 Å². The highest BCUT2D eigenvalue weighted by molar-refractivity contribution is 5.98. The summed E-state index contributed by atoms with van der Waals surface area (Å²) in [5, 5.41) is 10.0. The van der Waals surface area contributed by atoms with Crippen molar-refractivity contribution < 1.29 is 14.3 Å². The Morgan fingerprint density at radius 1 is 0.903 bits per heavy atom. The Hall–Kier alpha value is -1.38. The van der Waals surface area contributed by atoms with Crippen molar-refractivity contribution in [3.63, 3.8) is 0 Å². The number of rotatable bonds is 10. The first kappa shape index (κ1) is 24.3. The standard InChI is InChI=1S/C28H43FO2/c1-3-7-20-10-14-22(15-11-20)23-16-12-21(13-17-23)8-5-6-9-24-18-19-25(26(30)4-2)28(31)27(24)29/h18-23,31H,3-17H2,1-2H3. The summed E-state index contributed by atoms with van der Waals surface area (Å²) in [6.45, 7) is 4.04. The molecular formula is C28H43FO2. The SMILES string of the molecule is CCCC1CCC(C2CCC(CCCCc3ccc(C(=O)CC)c(O)c3F)CC2)CC1. The molecule has 3 rings (SSSR count). The zero-order valence-electron chi connectivity index (χ0n) is 19.8. The maximum atomic E-state index is 14.4. The van der Waals surface area contributed by atoms with E-state index in [0.717, 1.165) is 36.5 Å². The van der Waals surface area contributed by atoms with Crippen LogP contribution in [0.1, 0.15) is 120 Å². The lowest BCUT2D eigenvalue weighted by atomic mass is 9.68. The lowest BCUT2D eigenvalue weighted by molar-refractivity contribution is 0.0984. The first-order chi connectivity index (χ1) is 15.0. The van der Waals surface area contributed by atoms with E-state index in [0.29, 0.717) is 12.0 Å². The molecular weight excluding hydrogens is 387 g/mol. The number of ketones is 1. The van der Waals surface area contributed by atoms with E-state index in [1.807, 2.05) is 0 Å². The predicted molar refractivity (Wildman–Crippen MR) is 126 cm³/mol. The van der Waals surface area contributed by atoms with Crippen LogP contribution in [0.4, 0.5) is 4.39 Å². The number of phenolic OH excluding ortho intramolecular Hbond substituents is 1. The third-order valence-corrected chi connectivity index (χ3v) is 8.27. The van der Waals surface area contributed by atoms with Gasteiger partial charge in [-0.25, -0.2) is 4.39 Å². The number of carbonyl (C=O) groups is 1. The number of hydrogen-bond acceptors (Lipinski definition) is 2. The second-order valence-electron chi connectivity index (χ2n) is 10.3. The molecule has 2 aliphatic rings. The summed E-state index contributed by atoms with van der Waals surface area (Å²) >= 11 is 0. The van der Waals surface area contributed by atoms with Crippen molar-refractivity contribution in [1.82, 2.24) is 0 Å². The van der Waals surface area contributed by atoms with Crippen LogP contribution >= 0.6 is 0 Å². The van der Waals surface area contributed by atoms with Gasteiger partial charge in [-0.05, 0) is 73.8 Å². The minimum atomic E-state index is -0.603. The van der Waals surface area contributed by atoms with Crippen LogP contribution in [0.15, 0.2) is 12.1 Å². The summed E-state index contributed by atoms with van der Waals surface area (Å²) < 4.78 is 14.4. The highest BCUT2D eigenvalue weighted by Crippen LogP contribution is 2.43. The normalized spacial score (nSPS) is 26.7. The molecule has 3 heteroatoms. The van der Waals surface area contributed by atoms with Gasteiger partial charge in [-0.15, -0.1) is 0 Å². The number of unbranched alkanes of at least 4 members (excludes halogenated alkanes) is 1. The molecule has 2 fully saturated rings. The average molecular weight is 431 g/mol. The second kappa shape index (κ2) is 12.0. The Morgan fingerprint density at radius 2 is 1.48 bits per heavy atom. The van der Waals surface area contributed by atoms with E-state index >= 15 is 0 Å². The maximum absolute atomic E-state index is 14.4. The number of phenols is 1. The first-order valence-electron chi connectivity index (χ1n) is 13.1. The molecule has 0 aliphatic heterocycles. The number of halogens is 1. The summed E-state index contributed by atoms with van der Waals surface area (Å²) in [6, 6.07) is 3.26.